The maximum absolute atomic E-state index is 12.8. The molecule has 0 saturated heterocycles. The minimum absolute atomic E-state index is 0.0474. The Bertz CT molecular complexity index is 693. The molecule has 0 radical (unpaired) electrons. The van der Waals surface area contributed by atoms with Crippen molar-refractivity contribution in [1.29, 1.82) is 0 Å². The van der Waals surface area contributed by atoms with Crippen molar-refractivity contribution >= 4 is 21.5 Å². The summed E-state index contributed by atoms with van der Waals surface area (Å²) in [6, 6.07) is 5.29. The molecular formula is C13H20N4O2S. The van der Waals surface area contributed by atoms with Crippen molar-refractivity contribution in [2.24, 2.45) is 0 Å². The smallest absolute Gasteiger partial charge is 0.262 e. The van der Waals surface area contributed by atoms with Crippen LogP contribution in [0, 0.1) is 0 Å². The van der Waals surface area contributed by atoms with E-state index in [-0.39, 0.29) is 10.8 Å². The molecule has 0 fully saturated rings. The third-order valence-corrected chi connectivity index (χ3v) is 5.22. The first-order valence-corrected chi connectivity index (χ1v) is 8.19. The highest BCUT2D eigenvalue weighted by molar-refractivity contribution is 7.89. The fourth-order valence-electron chi connectivity index (χ4n) is 2.15. The zero-order valence-electron chi connectivity index (χ0n) is 11.8. The van der Waals surface area contributed by atoms with Gasteiger partial charge in [-0.3, -0.25) is 4.40 Å². The van der Waals surface area contributed by atoms with E-state index in [2.05, 4.69) is 4.98 Å². The van der Waals surface area contributed by atoms with Crippen LogP contribution in [0.5, 0.6) is 0 Å². The van der Waals surface area contributed by atoms with Gasteiger partial charge in [0.05, 0.1) is 0 Å². The zero-order chi connectivity index (χ0) is 14.8. The van der Waals surface area contributed by atoms with E-state index >= 15 is 0 Å². The second-order valence-electron chi connectivity index (χ2n) is 4.58. The molecule has 2 rings (SSSR count). The zero-order valence-corrected chi connectivity index (χ0v) is 12.6. The van der Waals surface area contributed by atoms with Crippen LogP contribution in [0.2, 0.25) is 0 Å². The van der Waals surface area contributed by atoms with Crippen LogP contribution in [0.3, 0.4) is 0 Å². The van der Waals surface area contributed by atoms with Crippen LogP contribution in [-0.4, -0.2) is 35.2 Å². The van der Waals surface area contributed by atoms with E-state index in [4.69, 9.17) is 5.73 Å². The number of hydrogen-bond donors (Lipinski definition) is 1. The summed E-state index contributed by atoms with van der Waals surface area (Å²) >= 11 is 0. The van der Waals surface area contributed by atoms with Gasteiger partial charge >= 0.3 is 0 Å². The highest BCUT2D eigenvalue weighted by Crippen LogP contribution is 2.23. The molecule has 0 unspecified atom stereocenters. The van der Waals surface area contributed by atoms with Crippen molar-refractivity contribution in [1.82, 2.24) is 13.7 Å². The van der Waals surface area contributed by atoms with Crippen molar-refractivity contribution in [2.45, 2.75) is 31.7 Å². The molecule has 0 saturated carbocycles. The van der Waals surface area contributed by atoms with Gasteiger partial charge in [-0.1, -0.05) is 26.3 Å². The molecule has 2 aromatic heterocycles. The lowest BCUT2D eigenvalue weighted by molar-refractivity contribution is 0.416. The number of imidazole rings is 1. The first kappa shape index (κ1) is 14.8. The summed E-state index contributed by atoms with van der Waals surface area (Å²) in [5.41, 5.74) is 6.36. The average molecular weight is 296 g/mol. The van der Waals surface area contributed by atoms with Crippen molar-refractivity contribution < 1.29 is 8.42 Å². The maximum Gasteiger partial charge on any atom is 0.262 e. The van der Waals surface area contributed by atoms with Crippen molar-refractivity contribution in [3.05, 3.63) is 24.4 Å². The second-order valence-corrected chi connectivity index (χ2v) is 6.43. The van der Waals surface area contributed by atoms with Crippen LogP contribution < -0.4 is 5.73 Å². The van der Waals surface area contributed by atoms with Gasteiger partial charge in [0, 0.05) is 19.3 Å². The number of aromatic nitrogens is 2. The van der Waals surface area contributed by atoms with E-state index in [1.54, 1.807) is 24.4 Å². The summed E-state index contributed by atoms with van der Waals surface area (Å²) in [5, 5.41) is 0.0612. The van der Waals surface area contributed by atoms with Crippen LogP contribution in [0.4, 0.5) is 5.82 Å². The average Bonchev–Trinajstić information content (AvgIpc) is 2.75. The van der Waals surface area contributed by atoms with Gasteiger partial charge in [-0.25, -0.2) is 13.4 Å². The highest BCUT2D eigenvalue weighted by atomic mass is 32.2. The molecule has 2 heterocycles. The van der Waals surface area contributed by atoms with Crippen molar-refractivity contribution in [2.75, 3.05) is 18.8 Å². The first-order chi connectivity index (χ1) is 9.52. The molecule has 0 aliphatic carbocycles. The number of rotatable bonds is 6. The summed E-state index contributed by atoms with van der Waals surface area (Å²) < 4.78 is 28.5. The molecule has 0 atom stereocenters. The number of unbranched alkanes of at least 4 members (excludes halogenated alkanes) is 1. The minimum Gasteiger partial charge on any atom is -0.381 e. The van der Waals surface area contributed by atoms with Gasteiger partial charge in [0.2, 0.25) is 0 Å². The largest absolute Gasteiger partial charge is 0.381 e. The number of nitrogen functional groups attached to an aromatic ring is 1. The highest BCUT2D eigenvalue weighted by Gasteiger charge is 2.29. The van der Waals surface area contributed by atoms with Crippen molar-refractivity contribution in [3.8, 4) is 0 Å². The third-order valence-electron chi connectivity index (χ3n) is 3.21. The molecular weight excluding hydrogens is 276 g/mol. The number of nitrogens with two attached hydrogens (primary N) is 1. The molecule has 6 nitrogen and oxygen atoms in total. The molecule has 2 N–H and O–H groups in total. The topological polar surface area (TPSA) is 80.7 Å². The number of nitrogens with zero attached hydrogens (tertiary/aromatic N) is 3. The molecule has 0 bridgehead atoms. The summed E-state index contributed by atoms with van der Waals surface area (Å²) in [5.74, 6) is 0.0474. The van der Waals surface area contributed by atoms with Gasteiger partial charge in [-0.15, -0.1) is 0 Å². The molecule has 0 spiro atoms. The molecule has 0 aliphatic rings. The van der Waals surface area contributed by atoms with Gasteiger partial charge in [-0.05, 0) is 18.6 Å². The van der Waals surface area contributed by atoms with Gasteiger partial charge in [0.25, 0.3) is 10.0 Å². The summed E-state index contributed by atoms with van der Waals surface area (Å²) in [7, 11) is -3.63. The fraction of sp³-hybridized carbons (Fsp3) is 0.462. The molecule has 0 aromatic carbocycles. The predicted octanol–water partition coefficient (Wildman–Crippen LogP) is 1.73. The lowest BCUT2D eigenvalue weighted by Crippen LogP contribution is -2.33. The quantitative estimate of drug-likeness (QED) is 0.880. The normalized spacial score (nSPS) is 12.3. The minimum atomic E-state index is -3.63. The molecule has 0 amide bonds. The Morgan fingerprint density at radius 1 is 1.35 bits per heavy atom. The number of anilines is 1. The maximum atomic E-state index is 12.8. The number of hydrogen-bond acceptors (Lipinski definition) is 4. The van der Waals surface area contributed by atoms with Gasteiger partial charge in [-0.2, -0.15) is 4.31 Å². The molecule has 110 valence electrons. The van der Waals surface area contributed by atoms with E-state index in [0.29, 0.717) is 18.7 Å². The predicted molar refractivity (Wildman–Crippen MR) is 78.9 cm³/mol. The van der Waals surface area contributed by atoms with E-state index in [0.717, 1.165) is 12.8 Å². The van der Waals surface area contributed by atoms with Crippen LogP contribution >= 0.6 is 0 Å². The first-order valence-electron chi connectivity index (χ1n) is 6.75. The molecule has 20 heavy (non-hydrogen) atoms. The lowest BCUT2D eigenvalue weighted by Gasteiger charge is -2.20. The number of pyridine rings is 1. The third kappa shape index (κ3) is 2.51. The molecule has 2 aromatic rings. The van der Waals surface area contributed by atoms with Crippen LogP contribution in [0.25, 0.3) is 5.65 Å². The standard InChI is InChI=1S/C13H20N4O2S/c1-3-5-9-16(4-2)20(18,19)13-12(14)15-11-8-6-7-10-17(11)13/h6-8,10H,3-5,9,14H2,1-2H3. The van der Waals surface area contributed by atoms with Crippen LogP contribution in [0.1, 0.15) is 26.7 Å². The Morgan fingerprint density at radius 3 is 2.75 bits per heavy atom. The van der Waals surface area contributed by atoms with E-state index in [9.17, 15) is 8.42 Å². The van der Waals surface area contributed by atoms with E-state index in [1.807, 2.05) is 13.8 Å². The van der Waals surface area contributed by atoms with Crippen molar-refractivity contribution in [3.63, 3.8) is 0 Å². The lowest BCUT2D eigenvalue weighted by atomic mass is 10.3. The van der Waals surface area contributed by atoms with Crippen LogP contribution in [0.15, 0.2) is 29.4 Å². The second kappa shape index (κ2) is 5.80. The summed E-state index contributed by atoms with van der Waals surface area (Å²) in [6.07, 6.45) is 3.43. The molecule has 0 aliphatic heterocycles. The monoisotopic (exact) mass is 296 g/mol. The van der Waals surface area contributed by atoms with Gasteiger partial charge < -0.3 is 5.73 Å². The Labute approximate surface area is 119 Å². The molecule has 7 heteroatoms. The van der Waals surface area contributed by atoms with Crippen LogP contribution in [-0.2, 0) is 10.0 Å². The Kier molecular flexibility index (Phi) is 4.29. The SMILES string of the molecule is CCCCN(CC)S(=O)(=O)c1c(N)nc2ccccn12. The van der Waals surface area contributed by atoms with Gasteiger partial charge in [0.1, 0.15) is 5.65 Å². The fourth-order valence-corrected chi connectivity index (χ4v) is 3.82. The van der Waals surface area contributed by atoms with E-state index < -0.39 is 10.0 Å². The number of fused-ring (bicyclic) bond motifs is 1. The Balaban J connectivity index is 2.53. The van der Waals surface area contributed by atoms with E-state index in [1.165, 1.54) is 8.71 Å². The summed E-state index contributed by atoms with van der Waals surface area (Å²) in [6.45, 7) is 4.77. The number of sulfonamides is 1. The summed E-state index contributed by atoms with van der Waals surface area (Å²) in [4.78, 5) is 4.11. The Morgan fingerprint density at radius 2 is 2.10 bits per heavy atom. The Hall–Kier alpha value is -1.60. The van der Waals surface area contributed by atoms with Gasteiger partial charge in [0.15, 0.2) is 10.8 Å².